The van der Waals surface area contributed by atoms with Gasteiger partial charge in [0.2, 0.25) is 6.79 Å². The Hall–Kier alpha value is -3.30. The zero-order chi connectivity index (χ0) is 26.8. The Bertz CT molecular complexity index is 1180. The van der Waals surface area contributed by atoms with Gasteiger partial charge in [0.05, 0.1) is 11.7 Å². The van der Waals surface area contributed by atoms with Crippen molar-refractivity contribution in [3.05, 3.63) is 47.5 Å². The van der Waals surface area contributed by atoms with Gasteiger partial charge in [0.1, 0.15) is 12.4 Å². The predicted molar refractivity (Wildman–Crippen MR) is 143 cm³/mol. The lowest BCUT2D eigenvalue weighted by Crippen LogP contribution is -2.47. The second-order valence-corrected chi connectivity index (χ2v) is 10.7. The van der Waals surface area contributed by atoms with Crippen molar-refractivity contribution >= 4 is 17.5 Å². The van der Waals surface area contributed by atoms with Crippen LogP contribution < -0.4 is 19.5 Å². The first-order chi connectivity index (χ1) is 18.3. The number of benzene rings is 2. The molecule has 1 saturated carbocycles. The van der Waals surface area contributed by atoms with E-state index in [0.29, 0.717) is 47.2 Å². The molecule has 3 aliphatic rings. The minimum Gasteiger partial charge on any atom is -0.491 e. The van der Waals surface area contributed by atoms with Crippen LogP contribution in [0.25, 0.3) is 0 Å². The smallest absolute Gasteiger partial charge is 0.257 e. The highest BCUT2D eigenvalue weighted by Crippen LogP contribution is 2.34. The Labute approximate surface area is 224 Å². The van der Waals surface area contributed by atoms with Gasteiger partial charge >= 0.3 is 0 Å². The number of carbonyl (C=O) groups excluding carboxylic acids is 2. The number of nitrogens with zero attached hydrogens (tertiary/aromatic N) is 2. The molecule has 1 N–H and O–H groups in total. The average molecular weight is 524 g/mol. The molecule has 2 heterocycles. The number of nitrogens with one attached hydrogen (secondary N) is 1. The van der Waals surface area contributed by atoms with E-state index in [-0.39, 0.29) is 36.7 Å². The fraction of sp³-hybridized carbons (Fsp3) is 0.517. The fourth-order valence-electron chi connectivity index (χ4n) is 5.06. The maximum atomic E-state index is 13.6. The normalized spacial score (nSPS) is 24.2. The van der Waals surface area contributed by atoms with Crippen LogP contribution >= 0.6 is 0 Å². The molecule has 5 rings (SSSR count). The molecule has 0 spiro atoms. The second-order valence-electron chi connectivity index (χ2n) is 10.7. The molecule has 38 heavy (non-hydrogen) atoms. The summed E-state index contributed by atoms with van der Waals surface area (Å²) in [4.78, 5) is 30.7. The molecule has 2 aromatic carbocycles. The molecule has 0 saturated heterocycles. The van der Waals surface area contributed by atoms with E-state index < -0.39 is 0 Å². The summed E-state index contributed by atoms with van der Waals surface area (Å²) in [5, 5.41) is 2.90. The first-order valence-corrected chi connectivity index (χ1v) is 13.3. The maximum Gasteiger partial charge on any atom is 0.257 e. The van der Waals surface area contributed by atoms with Gasteiger partial charge in [-0.3, -0.25) is 14.5 Å². The van der Waals surface area contributed by atoms with E-state index in [1.807, 2.05) is 0 Å². The topological polar surface area (TPSA) is 89.6 Å². The van der Waals surface area contributed by atoms with Crippen molar-refractivity contribution in [1.82, 2.24) is 9.80 Å². The van der Waals surface area contributed by atoms with Crippen molar-refractivity contribution < 1.29 is 28.5 Å². The number of fused-ring (bicyclic) bond motifs is 2. The number of hydrogen-bond acceptors (Lipinski definition) is 7. The quantitative estimate of drug-likeness (QED) is 0.636. The third-order valence-electron chi connectivity index (χ3n) is 7.66. The highest BCUT2D eigenvalue weighted by molar-refractivity contribution is 6.06. The molecular formula is C29H37N3O6. The Balaban J connectivity index is 1.39. The SMILES string of the molecule is CO[C@@H]1CN(C)C(=O)c2cc(NC(=O)c3ccc4c(c3)OCO4)ccc2OC[C@H](C)N(CC2CC2)C[C@@H]1C. The number of hydrogen-bond donors (Lipinski definition) is 1. The van der Waals surface area contributed by atoms with Gasteiger partial charge in [-0.05, 0) is 68.0 Å². The van der Waals surface area contributed by atoms with Gasteiger partial charge in [0, 0.05) is 51.1 Å². The van der Waals surface area contributed by atoms with E-state index in [1.165, 1.54) is 12.8 Å². The Morgan fingerprint density at radius 2 is 1.79 bits per heavy atom. The fourth-order valence-corrected chi connectivity index (χ4v) is 5.06. The van der Waals surface area contributed by atoms with Crippen LogP contribution in [0.1, 0.15) is 47.4 Å². The van der Waals surface area contributed by atoms with Crippen LogP contribution in [0.3, 0.4) is 0 Å². The summed E-state index contributed by atoms with van der Waals surface area (Å²) in [5.41, 5.74) is 1.34. The van der Waals surface area contributed by atoms with E-state index in [9.17, 15) is 9.59 Å². The zero-order valence-corrected chi connectivity index (χ0v) is 22.6. The Morgan fingerprint density at radius 3 is 2.55 bits per heavy atom. The predicted octanol–water partition coefficient (Wildman–Crippen LogP) is 3.88. The first kappa shape index (κ1) is 26.3. The first-order valence-electron chi connectivity index (χ1n) is 13.3. The molecule has 1 aliphatic carbocycles. The molecule has 0 radical (unpaired) electrons. The molecule has 2 amide bonds. The van der Waals surface area contributed by atoms with Gasteiger partial charge in [-0.2, -0.15) is 0 Å². The van der Waals surface area contributed by atoms with Crippen LogP contribution in [0.4, 0.5) is 5.69 Å². The van der Waals surface area contributed by atoms with Crippen molar-refractivity contribution in [2.24, 2.45) is 11.8 Å². The highest BCUT2D eigenvalue weighted by Gasteiger charge is 2.32. The number of anilines is 1. The lowest BCUT2D eigenvalue weighted by molar-refractivity contribution is 0.00994. The van der Waals surface area contributed by atoms with Crippen molar-refractivity contribution in [2.45, 2.75) is 38.8 Å². The third kappa shape index (κ3) is 5.89. The summed E-state index contributed by atoms with van der Waals surface area (Å²) >= 11 is 0. The molecule has 2 aromatic rings. The molecule has 1 fully saturated rings. The molecule has 0 unspecified atom stereocenters. The van der Waals surface area contributed by atoms with Gasteiger partial charge in [0.15, 0.2) is 11.5 Å². The zero-order valence-electron chi connectivity index (χ0n) is 22.6. The molecule has 204 valence electrons. The summed E-state index contributed by atoms with van der Waals surface area (Å²) in [6.07, 6.45) is 2.47. The second kappa shape index (κ2) is 11.2. The summed E-state index contributed by atoms with van der Waals surface area (Å²) in [7, 11) is 3.49. The van der Waals surface area contributed by atoms with Gasteiger partial charge in [-0.1, -0.05) is 6.92 Å². The van der Waals surface area contributed by atoms with Crippen molar-refractivity contribution in [3.8, 4) is 17.2 Å². The summed E-state index contributed by atoms with van der Waals surface area (Å²) in [6.45, 7) is 7.36. The molecule has 9 heteroatoms. The van der Waals surface area contributed by atoms with Crippen LogP contribution in [-0.4, -0.2) is 81.0 Å². The van der Waals surface area contributed by atoms with Crippen molar-refractivity contribution in [2.75, 3.05) is 52.5 Å². The molecular weight excluding hydrogens is 486 g/mol. The van der Waals surface area contributed by atoms with Crippen LogP contribution in [-0.2, 0) is 4.74 Å². The Morgan fingerprint density at radius 1 is 1.03 bits per heavy atom. The van der Waals surface area contributed by atoms with Crippen LogP contribution in [0.5, 0.6) is 17.2 Å². The number of amides is 2. The number of rotatable bonds is 5. The summed E-state index contributed by atoms with van der Waals surface area (Å²) < 4.78 is 22.8. The minimum atomic E-state index is -0.310. The largest absolute Gasteiger partial charge is 0.491 e. The van der Waals surface area contributed by atoms with Crippen LogP contribution in [0.2, 0.25) is 0 Å². The maximum absolute atomic E-state index is 13.6. The average Bonchev–Trinajstić information content (AvgIpc) is 3.61. The van der Waals surface area contributed by atoms with Crippen molar-refractivity contribution in [3.63, 3.8) is 0 Å². The van der Waals surface area contributed by atoms with Crippen LogP contribution in [0.15, 0.2) is 36.4 Å². The van der Waals surface area contributed by atoms with E-state index in [1.54, 1.807) is 55.5 Å². The van der Waals surface area contributed by atoms with E-state index >= 15 is 0 Å². The van der Waals surface area contributed by atoms with Gasteiger partial charge in [-0.25, -0.2) is 0 Å². The van der Waals surface area contributed by atoms with E-state index in [2.05, 4.69) is 24.1 Å². The third-order valence-corrected chi connectivity index (χ3v) is 7.66. The monoisotopic (exact) mass is 523 g/mol. The number of likely N-dealkylation sites (N-methyl/N-ethyl adjacent to an activating group) is 1. The molecule has 9 nitrogen and oxygen atoms in total. The van der Waals surface area contributed by atoms with Crippen LogP contribution in [0, 0.1) is 11.8 Å². The molecule has 0 aromatic heterocycles. The number of ether oxygens (including phenoxy) is 4. The summed E-state index contributed by atoms with van der Waals surface area (Å²) in [6, 6.07) is 10.4. The molecule has 2 aliphatic heterocycles. The standard InChI is InChI=1S/C29H37N3O6/c1-18-13-32(14-20-5-6-20)19(2)16-36-24-10-8-22(12-23(24)29(34)31(3)15-27(18)35-4)30-28(33)21-7-9-25-26(11-21)38-17-37-25/h7-12,18-20,27H,5-6,13-17H2,1-4H3,(H,30,33)/t18-,19-,27+/m0/s1. The number of methoxy groups -OCH3 is 1. The van der Waals surface area contributed by atoms with Crippen molar-refractivity contribution in [1.29, 1.82) is 0 Å². The van der Waals surface area contributed by atoms with E-state index in [0.717, 1.165) is 19.0 Å². The molecule has 0 bridgehead atoms. The van der Waals surface area contributed by atoms with E-state index in [4.69, 9.17) is 18.9 Å². The number of carbonyl (C=O) groups is 2. The summed E-state index contributed by atoms with van der Waals surface area (Å²) in [5.74, 6) is 2.15. The Kier molecular flexibility index (Phi) is 7.76. The highest BCUT2D eigenvalue weighted by atomic mass is 16.7. The molecule has 3 atom stereocenters. The van der Waals surface area contributed by atoms with Gasteiger partial charge < -0.3 is 29.2 Å². The van der Waals surface area contributed by atoms with Gasteiger partial charge in [-0.15, -0.1) is 0 Å². The minimum absolute atomic E-state index is 0.101. The lowest BCUT2D eigenvalue weighted by atomic mass is 10.0. The van der Waals surface area contributed by atoms with Gasteiger partial charge in [0.25, 0.3) is 11.8 Å². The lowest BCUT2D eigenvalue weighted by Gasteiger charge is -2.36.